The van der Waals surface area contributed by atoms with Crippen LogP contribution in [0.4, 0.5) is 0 Å². The number of unbranched alkanes of at least 4 members (excludes halogenated alkanes) is 4. The predicted octanol–water partition coefficient (Wildman–Crippen LogP) is 6.12. The lowest BCUT2D eigenvalue weighted by molar-refractivity contribution is -0.111. The molecule has 1 aromatic rings. The van der Waals surface area contributed by atoms with Gasteiger partial charge in [0.2, 0.25) is 0 Å². The van der Waals surface area contributed by atoms with Crippen molar-refractivity contribution >= 4 is 11.9 Å². The van der Waals surface area contributed by atoms with Crippen molar-refractivity contribution in [2.24, 2.45) is 0 Å². The van der Waals surface area contributed by atoms with Gasteiger partial charge in [0.1, 0.15) is 0 Å². The zero-order chi connectivity index (χ0) is 16.0. The molecule has 1 heteroatoms. The predicted molar refractivity (Wildman–Crippen MR) is 95.7 cm³/mol. The number of carbonyl (C=O) groups is 1. The quantitative estimate of drug-likeness (QED) is 0.289. The topological polar surface area (TPSA) is 17.1 Å². The van der Waals surface area contributed by atoms with E-state index in [0.29, 0.717) is 0 Å². The normalized spacial score (nSPS) is 10.5. The molecule has 0 radical (unpaired) electrons. The molecule has 0 N–H and O–H groups in total. The second kappa shape index (κ2) is 11.8. The molecule has 118 valence electrons. The Kier molecular flexibility index (Phi) is 9.74. The molecule has 1 nitrogen and oxygen atoms in total. The van der Waals surface area contributed by atoms with Gasteiger partial charge in [-0.05, 0) is 43.4 Å². The molecular weight excluding hydrogens is 268 g/mol. The number of benzene rings is 1. The molecule has 0 aliphatic rings. The summed E-state index contributed by atoms with van der Waals surface area (Å²) in [5.41, 5.74) is 5.10. The minimum Gasteiger partial charge on any atom is -0.289 e. The molecule has 0 fully saturated rings. The Hall–Kier alpha value is -1.85. The standard InChI is InChI=1S/C21H28O/c1-3-5-7-8-12-16-20(15-6-4-2)21(22)18-17-19-13-10-9-11-14-19/h9-14,17-18H,3-8,15H2,1-2H3/b18-17+. The molecule has 0 spiro atoms. The van der Waals surface area contributed by atoms with Gasteiger partial charge in [-0.15, -0.1) is 5.73 Å². The van der Waals surface area contributed by atoms with Crippen molar-refractivity contribution in [3.05, 3.63) is 59.4 Å². The SMILES string of the molecule is CCCCCC=C=C(CCCC)C(=O)/C=C/c1ccccc1. The van der Waals surface area contributed by atoms with Crippen molar-refractivity contribution in [1.29, 1.82) is 0 Å². The van der Waals surface area contributed by atoms with Crippen molar-refractivity contribution in [3.63, 3.8) is 0 Å². The van der Waals surface area contributed by atoms with Gasteiger partial charge in [-0.2, -0.15) is 0 Å². The van der Waals surface area contributed by atoms with Gasteiger partial charge in [-0.25, -0.2) is 0 Å². The van der Waals surface area contributed by atoms with E-state index in [9.17, 15) is 4.79 Å². The zero-order valence-corrected chi connectivity index (χ0v) is 14.0. The lowest BCUT2D eigenvalue weighted by atomic mass is 10.0. The minimum absolute atomic E-state index is 0.0871. The van der Waals surface area contributed by atoms with Gasteiger partial charge >= 0.3 is 0 Å². The van der Waals surface area contributed by atoms with Crippen LogP contribution in [0.25, 0.3) is 6.08 Å². The second-order valence-electron chi connectivity index (χ2n) is 5.53. The van der Waals surface area contributed by atoms with Crippen LogP contribution in [-0.4, -0.2) is 5.78 Å². The van der Waals surface area contributed by atoms with Crippen LogP contribution in [0.15, 0.2) is 53.8 Å². The smallest absolute Gasteiger partial charge is 0.189 e. The fraction of sp³-hybridized carbons (Fsp3) is 0.429. The maximum absolute atomic E-state index is 12.3. The second-order valence-corrected chi connectivity index (χ2v) is 5.53. The van der Waals surface area contributed by atoms with Crippen molar-refractivity contribution in [2.75, 3.05) is 0 Å². The highest BCUT2D eigenvalue weighted by Gasteiger charge is 2.04. The summed E-state index contributed by atoms with van der Waals surface area (Å²) in [6.45, 7) is 4.34. The highest BCUT2D eigenvalue weighted by Crippen LogP contribution is 2.10. The van der Waals surface area contributed by atoms with Gasteiger partial charge in [0.05, 0.1) is 0 Å². The van der Waals surface area contributed by atoms with Gasteiger partial charge < -0.3 is 0 Å². The molecule has 0 heterocycles. The van der Waals surface area contributed by atoms with Crippen LogP contribution in [-0.2, 0) is 4.79 Å². The first-order chi connectivity index (χ1) is 10.8. The van der Waals surface area contributed by atoms with Crippen molar-refractivity contribution in [1.82, 2.24) is 0 Å². The summed E-state index contributed by atoms with van der Waals surface area (Å²) in [7, 11) is 0. The van der Waals surface area contributed by atoms with E-state index >= 15 is 0 Å². The van der Waals surface area contributed by atoms with E-state index in [1.54, 1.807) is 6.08 Å². The van der Waals surface area contributed by atoms with E-state index in [1.807, 2.05) is 42.5 Å². The number of ketones is 1. The zero-order valence-electron chi connectivity index (χ0n) is 14.0. The third-order valence-corrected chi connectivity index (χ3v) is 3.53. The number of hydrogen-bond acceptors (Lipinski definition) is 1. The van der Waals surface area contributed by atoms with Gasteiger partial charge in [0.25, 0.3) is 0 Å². The summed E-state index contributed by atoms with van der Waals surface area (Å²) in [5, 5.41) is 0. The Morgan fingerprint density at radius 2 is 1.77 bits per heavy atom. The maximum atomic E-state index is 12.3. The van der Waals surface area contributed by atoms with E-state index in [4.69, 9.17) is 0 Å². The Bertz CT molecular complexity index is 516. The summed E-state index contributed by atoms with van der Waals surface area (Å²) >= 11 is 0. The molecule has 0 atom stereocenters. The van der Waals surface area contributed by atoms with E-state index in [2.05, 4.69) is 19.6 Å². The first-order valence-corrected chi connectivity index (χ1v) is 8.49. The first kappa shape index (κ1) is 18.2. The average Bonchev–Trinajstić information content (AvgIpc) is 2.56. The average molecular weight is 296 g/mol. The van der Waals surface area contributed by atoms with Crippen molar-refractivity contribution < 1.29 is 4.79 Å². The Balaban J connectivity index is 2.71. The van der Waals surface area contributed by atoms with Crippen LogP contribution in [0, 0.1) is 0 Å². The third kappa shape index (κ3) is 7.81. The number of rotatable bonds is 10. The highest BCUT2D eigenvalue weighted by molar-refractivity contribution is 6.06. The van der Waals surface area contributed by atoms with Crippen molar-refractivity contribution in [3.8, 4) is 0 Å². The van der Waals surface area contributed by atoms with Gasteiger partial charge in [0, 0.05) is 5.57 Å². The molecule has 0 bridgehead atoms. The largest absolute Gasteiger partial charge is 0.289 e. The van der Waals surface area contributed by atoms with Gasteiger partial charge in [-0.3, -0.25) is 4.79 Å². The lowest BCUT2D eigenvalue weighted by Crippen LogP contribution is -1.97. The number of hydrogen-bond donors (Lipinski definition) is 0. The van der Waals surface area contributed by atoms with Crippen LogP contribution in [0.2, 0.25) is 0 Å². The van der Waals surface area contributed by atoms with Crippen molar-refractivity contribution in [2.45, 2.75) is 58.8 Å². The Morgan fingerprint density at radius 1 is 1.05 bits per heavy atom. The summed E-state index contributed by atoms with van der Waals surface area (Å²) in [5.74, 6) is 0.0871. The van der Waals surface area contributed by atoms with Crippen LogP contribution in [0.1, 0.15) is 64.4 Å². The summed E-state index contributed by atoms with van der Waals surface area (Å²) in [6, 6.07) is 9.93. The summed E-state index contributed by atoms with van der Waals surface area (Å²) < 4.78 is 0. The molecule has 0 saturated carbocycles. The molecule has 0 amide bonds. The first-order valence-electron chi connectivity index (χ1n) is 8.49. The minimum atomic E-state index is 0.0871. The van der Waals surface area contributed by atoms with Gasteiger partial charge in [-0.1, -0.05) is 69.5 Å². The molecule has 1 rings (SSSR count). The monoisotopic (exact) mass is 296 g/mol. The highest BCUT2D eigenvalue weighted by atomic mass is 16.1. The van der Waals surface area contributed by atoms with Crippen LogP contribution < -0.4 is 0 Å². The third-order valence-electron chi connectivity index (χ3n) is 3.53. The fourth-order valence-corrected chi connectivity index (χ4v) is 2.15. The maximum Gasteiger partial charge on any atom is 0.189 e. The van der Waals surface area contributed by atoms with Crippen LogP contribution in [0.5, 0.6) is 0 Å². The van der Waals surface area contributed by atoms with E-state index in [0.717, 1.165) is 36.8 Å². The molecule has 0 aromatic heterocycles. The molecule has 0 saturated heterocycles. The molecule has 0 aliphatic heterocycles. The summed E-state index contributed by atoms with van der Waals surface area (Å²) in [4.78, 5) is 12.3. The Morgan fingerprint density at radius 3 is 2.45 bits per heavy atom. The summed E-state index contributed by atoms with van der Waals surface area (Å²) in [6.07, 6.45) is 13.2. The van der Waals surface area contributed by atoms with Gasteiger partial charge in [0.15, 0.2) is 5.78 Å². The molecular formula is C21H28O. The van der Waals surface area contributed by atoms with E-state index in [-0.39, 0.29) is 5.78 Å². The molecule has 1 aromatic carbocycles. The number of allylic oxidation sites excluding steroid dienone is 2. The van der Waals surface area contributed by atoms with E-state index in [1.165, 1.54) is 19.3 Å². The Labute approximate surface area is 135 Å². The number of carbonyl (C=O) groups excluding carboxylic acids is 1. The lowest BCUT2D eigenvalue weighted by Gasteiger charge is -1.99. The van der Waals surface area contributed by atoms with Crippen LogP contribution in [0.3, 0.4) is 0 Å². The van der Waals surface area contributed by atoms with E-state index < -0.39 is 0 Å². The molecule has 0 unspecified atom stereocenters. The fourth-order valence-electron chi connectivity index (χ4n) is 2.15. The molecule has 22 heavy (non-hydrogen) atoms. The molecule has 0 aliphatic carbocycles. The van der Waals surface area contributed by atoms with Crippen LogP contribution >= 0.6 is 0 Å².